The highest BCUT2D eigenvalue weighted by Crippen LogP contribution is 2.07. The Morgan fingerprint density at radius 3 is 1.75 bits per heavy atom. The second-order valence-corrected chi connectivity index (χ2v) is 4.28. The Balaban J connectivity index is 2.70. The van der Waals surface area contributed by atoms with Gasteiger partial charge in [-0.2, -0.15) is 0 Å². The van der Waals surface area contributed by atoms with Gasteiger partial charge in [0.25, 0.3) is 0 Å². The van der Waals surface area contributed by atoms with Gasteiger partial charge >= 0.3 is 0 Å². The third-order valence-corrected chi connectivity index (χ3v) is 2.47. The minimum Gasteiger partial charge on any atom is -0.0779 e. The van der Waals surface area contributed by atoms with Gasteiger partial charge in [0.15, 0.2) is 0 Å². The number of hydrogen-bond acceptors (Lipinski definition) is 0. The van der Waals surface area contributed by atoms with Gasteiger partial charge in [-0.3, -0.25) is 0 Å². The van der Waals surface area contributed by atoms with Crippen molar-refractivity contribution in [1.29, 1.82) is 0 Å². The second-order valence-electron chi connectivity index (χ2n) is 2.84. The van der Waals surface area contributed by atoms with Crippen LogP contribution < -0.4 is 0 Å². The van der Waals surface area contributed by atoms with Crippen LogP contribution >= 0.6 is 22.6 Å². The summed E-state index contributed by atoms with van der Waals surface area (Å²) < 4.78 is 0.505. The predicted molar refractivity (Wildman–Crippen MR) is 63.5 cm³/mol. The summed E-state index contributed by atoms with van der Waals surface area (Å²) >= 11 is 2.39. The van der Waals surface area contributed by atoms with E-state index in [-0.39, 0.29) is 0 Å². The zero-order valence-corrected chi connectivity index (χ0v) is 9.31. The fourth-order valence-electron chi connectivity index (χ4n) is 0.948. The number of halogens is 1. The molecule has 0 saturated heterocycles. The van der Waals surface area contributed by atoms with Gasteiger partial charge < -0.3 is 0 Å². The van der Waals surface area contributed by atoms with E-state index in [4.69, 9.17) is 0 Å². The van der Waals surface area contributed by atoms with Crippen molar-refractivity contribution in [2.75, 3.05) is 0 Å². The minimum atomic E-state index is 0.505. The van der Waals surface area contributed by atoms with E-state index in [1.54, 1.807) is 0 Å². The van der Waals surface area contributed by atoms with E-state index in [1.807, 2.05) is 0 Å². The van der Waals surface area contributed by atoms with Crippen LogP contribution in [0.25, 0.3) is 0 Å². The van der Waals surface area contributed by atoms with Crippen LogP contribution in [0, 0.1) is 5.92 Å². The summed E-state index contributed by atoms with van der Waals surface area (Å²) in [6, 6.07) is 0. The first-order valence-electron chi connectivity index (χ1n) is 4.13. The van der Waals surface area contributed by atoms with Gasteiger partial charge in [0.1, 0.15) is 0 Å². The maximum absolute atomic E-state index is 2.39. The van der Waals surface area contributed by atoms with Crippen molar-refractivity contribution in [3.63, 3.8) is 0 Å². The Hall–Kier alpha value is -0.310. The molecule has 0 radical (unpaired) electrons. The minimum absolute atomic E-state index is 0.505. The molecule has 0 bridgehead atoms. The average Bonchev–Trinajstić information content (AvgIpc) is 2.06. The molecule has 0 nitrogen and oxygen atoms in total. The molecule has 1 aliphatic carbocycles. The maximum Gasteiger partial charge on any atom is 0.0475 e. The molecule has 0 aromatic heterocycles. The SMILES string of the molecule is CC1/C=C\C=C/C(I)/C=C\C=C/1. The molecule has 1 rings (SSSR count). The molecule has 0 aromatic carbocycles. The first-order valence-corrected chi connectivity index (χ1v) is 5.37. The highest BCUT2D eigenvalue weighted by Gasteiger charge is 1.91. The Morgan fingerprint density at radius 1 is 0.833 bits per heavy atom. The molecular formula is C11H13I. The molecule has 0 atom stereocenters. The summed E-state index contributed by atoms with van der Waals surface area (Å²) in [7, 11) is 0. The molecule has 0 fully saturated rings. The fraction of sp³-hybridized carbons (Fsp3) is 0.273. The zero-order valence-electron chi connectivity index (χ0n) is 7.15. The van der Waals surface area contributed by atoms with Crippen molar-refractivity contribution < 1.29 is 0 Å². The molecule has 0 aromatic rings. The van der Waals surface area contributed by atoms with E-state index in [2.05, 4.69) is 78.1 Å². The van der Waals surface area contributed by atoms with Crippen LogP contribution in [-0.2, 0) is 0 Å². The highest BCUT2D eigenvalue weighted by molar-refractivity contribution is 14.1. The fourth-order valence-corrected chi connectivity index (χ4v) is 1.43. The van der Waals surface area contributed by atoms with Gasteiger partial charge in [-0.05, 0) is 5.92 Å². The lowest BCUT2D eigenvalue weighted by Crippen LogP contribution is -1.86. The van der Waals surface area contributed by atoms with Crippen molar-refractivity contribution in [3.05, 3.63) is 48.6 Å². The maximum atomic E-state index is 2.39. The summed E-state index contributed by atoms with van der Waals surface area (Å²) in [5.41, 5.74) is 0. The molecule has 0 amide bonds. The van der Waals surface area contributed by atoms with Crippen molar-refractivity contribution in [3.8, 4) is 0 Å². The first-order chi connectivity index (χ1) is 5.79. The largest absolute Gasteiger partial charge is 0.0779 e. The topological polar surface area (TPSA) is 0 Å². The van der Waals surface area contributed by atoms with Crippen LogP contribution in [0.2, 0.25) is 0 Å². The first kappa shape index (κ1) is 9.78. The molecule has 0 spiro atoms. The monoisotopic (exact) mass is 272 g/mol. The van der Waals surface area contributed by atoms with Crippen LogP contribution in [0.5, 0.6) is 0 Å². The molecule has 0 N–H and O–H groups in total. The van der Waals surface area contributed by atoms with Crippen LogP contribution in [0.1, 0.15) is 6.92 Å². The van der Waals surface area contributed by atoms with Crippen LogP contribution in [-0.4, -0.2) is 3.92 Å². The summed E-state index contributed by atoms with van der Waals surface area (Å²) in [5, 5.41) is 0. The van der Waals surface area contributed by atoms with Crippen molar-refractivity contribution in [2.24, 2.45) is 5.92 Å². The third kappa shape index (κ3) is 3.90. The highest BCUT2D eigenvalue weighted by atomic mass is 127. The average molecular weight is 272 g/mol. The molecular weight excluding hydrogens is 259 g/mol. The van der Waals surface area contributed by atoms with Crippen molar-refractivity contribution in [2.45, 2.75) is 10.8 Å². The van der Waals surface area contributed by atoms with Gasteiger partial charge in [-0.25, -0.2) is 0 Å². The Labute approximate surface area is 87.9 Å². The summed E-state index contributed by atoms with van der Waals surface area (Å²) in [5.74, 6) is 0.532. The van der Waals surface area contributed by atoms with E-state index in [0.29, 0.717) is 9.84 Å². The summed E-state index contributed by atoms with van der Waals surface area (Å²) in [6.07, 6.45) is 17.2. The van der Waals surface area contributed by atoms with Crippen molar-refractivity contribution >= 4 is 22.6 Å². The number of hydrogen-bond donors (Lipinski definition) is 0. The van der Waals surface area contributed by atoms with Gasteiger partial charge in [-0.15, -0.1) is 0 Å². The number of rotatable bonds is 0. The van der Waals surface area contributed by atoms with Gasteiger partial charge in [0.2, 0.25) is 0 Å². The molecule has 0 unspecified atom stereocenters. The smallest absolute Gasteiger partial charge is 0.0475 e. The Morgan fingerprint density at radius 2 is 1.25 bits per heavy atom. The standard InChI is InChI=1S/C11H13I/c1-10-6-2-4-8-11(12)9-5-3-7-10/h2-11H,1H3/b6-2-,7-3-,8-4-,9-5-. The van der Waals surface area contributed by atoms with Crippen LogP contribution in [0.3, 0.4) is 0 Å². The number of alkyl halides is 1. The lowest BCUT2D eigenvalue weighted by atomic mass is 10.1. The second kappa shape index (κ2) is 5.36. The normalized spacial score (nSPS) is 39.8. The van der Waals surface area contributed by atoms with Crippen LogP contribution in [0.4, 0.5) is 0 Å². The lowest BCUT2D eigenvalue weighted by Gasteiger charge is -1.98. The Bertz CT molecular complexity index is 183. The molecule has 0 aliphatic heterocycles. The van der Waals surface area contributed by atoms with Gasteiger partial charge in [0, 0.05) is 3.92 Å². The van der Waals surface area contributed by atoms with Gasteiger partial charge in [0.05, 0.1) is 0 Å². The number of allylic oxidation sites excluding steroid dienone is 8. The van der Waals surface area contributed by atoms with Crippen LogP contribution in [0.15, 0.2) is 48.6 Å². The molecule has 12 heavy (non-hydrogen) atoms. The molecule has 0 saturated carbocycles. The van der Waals surface area contributed by atoms with E-state index in [1.165, 1.54) is 0 Å². The molecule has 0 heterocycles. The van der Waals surface area contributed by atoms with E-state index < -0.39 is 0 Å². The lowest BCUT2D eigenvalue weighted by molar-refractivity contribution is 0.940. The van der Waals surface area contributed by atoms with Crippen molar-refractivity contribution in [1.82, 2.24) is 0 Å². The summed E-state index contributed by atoms with van der Waals surface area (Å²) in [6.45, 7) is 2.18. The third-order valence-electron chi connectivity index (χ3n) is 1.64. The summed E-state index contributed by atoms with van der Waals surface area (Å²) in [4.78, 5) is 0. The van der Waals surface area contributed by atoms with E-state index in [0.717, 1.165) is 0 Å². The van der Waals surface area contributed by atoms with Gasteiger partial charge in [-0.1, -0.05) is 78.1 Å². The van der Waals surface area contributed by atoms with E-state index in [9.17, 15) is 0 Å². The zero-order chi connectivity index (χ0) is 8.81. The quantitative estimate of drug-likeness (QED) is 0.466. The molecule has 64 valence electrons. The molecule has 1 aliphatic rings. The Kier molecular flexibility index (Phi) is 4.36. The molecule has 1 heteroatoms. The van der Waals surface area contributed by atoms with E-state index >= 15 is 0 Å². The predicted octanol–water partition coefficient (Wildman–Crippen LogP) is 3.66.